The number of hydrogen-bond donors (Lipinski definition) is 0. The fraction of sp³-hybridized carbons (Fsp3) is 0.700. The molecule has 0 aliphatic heterocycles. The van der Waals surface area contributed by atoms with E-state index in [0.717, 1.165) is 0 Å². The highest BCUT2D eigenvalue weighted by atomic mass is 32.2. The summed E-state index contributed by atoms with van der Waals surface area (Å²) in [6.07, 6.45) is 2.09. The van der Waals surface area contributed by atoms with Crippen LogP contribution in [-0.2, 0) is 23.8 Å². The first-order valence-corrected chi connectivity index (χ1v) is 6.83. The van der Waals surface area contributed by atoms with Gasteiger partial charge in [-0.15, -0.1) is 0 Å². The molecule has 0 radical (unpaired) electrons. The molecule has 5 nitrogen and oxygen atoms in total. The highest BCUT2D eigenvalue weighted by molar-refractivity contribution is 7.87. The van der Waals surface area contributed by atoms with Gasteiger partial charge < -0.3 is 8.92 Å². The number of ether oxygens (including phenoxy) is 1. The van der Waals surface area contributed by atoms with Crippen LogP contribution in [0.1, 0.15) is 25.7 Å². The average Bonchev–Trinajstić information content (AvgIpc) is 2.29. The maximum atomic E-state index is 12.1. The van der Waals surface area contributed by atoms with E-state index in [2.05, 4.69) is 8.92 Å². The van der Waals surface area contributed by atoms with Crippen molar-refractivity contribution in [2.24, 2.45) is 5.92 Å². The second-order valence-corrected chi connectivity index (χ2v) is 5.61. The van der Waals surface area contributed by atoms with E-state index in [1.54, 1.807) is 0 Å². The predicted molar refractivity (Wildman–Crippen MR) is 58.1 cm³/mol. The third kappa shape index (κ3) is 4.41. The summed E-state index contributed by atoms with van der Waals surface area (Å²) in [6, 6.07) is 0. The normalized spacial score (nSPS) is 20.6. The minimum absolute atomic E-state index is 0.0387. The Morgan fingerprint density at radius 1 is 1.47 bits per heavy atom. The first-order valence-electron chi connectivity index (χ1n) is 5.42. The Bertz CT molecular complexity index is 466. The van der Waals surface area contributed by atoms with Crippen molar-refractivity contribution in [1.82, 2.24) is 0 Å². The molecular weight excluding hydrogens is 289 g/mol. The molecule has 0 fully saturated rings. The van der Waals surface area contributed by atoms with E-state index in [1.807, 2.05) is 0 Å². The lowest BCUT2D eigenvalue weighted by atomic mass is 9.91. The zero-order chi connectivity index (χ0) is 14.7. The van der Waals surface area contributed by atoms with Gasteiger partial charge in [-0.25, -0.2) is 0 Å². The van der Waals surface area contributed by atoms with Crippen LogP contribution in [0.5, 0.6) is 0 Å². The number of allylic oxidation sites excluding steroid dienone is 2. The van der Waals surface area contributed by atoms with Gasteiger partial charge in [0.25, 0.3) is 0 Å². The molecule has 0 amide bonds. The summed E-state index contributed by atoms with van der Waals surface area (Å²) in [5.41, 5.74) is -5.43. The molecule has 1 aliphatic rings. The molecule has 1 rings (SSSR count). The molecule has 19 heavy (non-hydrogen) atoms. The largest absolute Gasteiger partial charge is 0.534 e. The number of methoxy groups -OCH3 is 1. The topological polar surface area (TPSA) is 69.7 Å². The lowest BCUT2D eigenvalue weighted by Crippen LogP contribution is -2.26. The van der Waals surface area contributed by atoms with Crippen LogP contribution < -0.4 is 0 Å². The van der Waals surface area contributed by atoms with Crippen LogP contribution in [0.25, 0.3) is 0 Å². The van der Waals surface area contributed by atoms with Gasteiger partial charge in [-0.1, -0.05) is 0 Å². The van der Waals surface area contributed by atoms with Crippen molar-refractivity contribution >= 4 is 16.1 Å². The van der Waals surface area contributed by atoms with Gasteiger partial charge in [0.1, 0.15) is 5.76 Å². The second kappa shape index (κ2) is 5.81. The summed E-state index contributed by atoms with van der Waals surface area (Å²) >= 11 is 0. The van der Waals surface area contributed by atoms with Gasteiger partial charge in [-0.05, 0) is 24.8 Å². The predicted octanol–water partition coefficient (Wildman–Crippen LogP) is 2.10. The first-order chi connectivity index (χ1) is 8.65. The number of rotatable bonds is 4. The van der Waals surface area contributed by atoms with Crippen LogP contribution >= 0.6 is 0 Å². The van der Waals surface area contributed by atoms with Crippen LogP contribution in [0, 0.1) is 5.92 Å². The molecule has 9 heteroatoms. The van der Waals surface area contributed by atoms with Gasteiger partial charge in [0.2, 0.25) is 0 Å². The van der Waals surface area contributed by atoms with Crippen molar-refractivity contribution in [2.75, 3.05) is 7.11 Å². The minimum Gasteiger partial charge on any atom is -0.469 e. The number of carbonyl (C=O) groups excluding carboxylic acids is 1. The molecule has 110 valence electrons. The van der Waals surface area contributed by atoms with Gasteiger partial charge in [-0.2, -0.15) is 21.6 Å². The standard InChI is InChI=1S/C10H13F3O5S/c1-17-9(14)6-7-2-4-8(5-3-7)18-19(15,16)10(11,12)13/h4,7H,2-3,5-6H2,1H3/t7-/m0/s1. The fourth-order valence-electron chi connectivity index (χ4n) is 1.63. The summed E-state index contributed by atoms with van der Waals surface area (Å²) < 4.78 is 66.3. The van der Waals surface area contributed by atoms with Gasteiger partial charge >= 0.3 is 21.6 Å². The smallest absolute Gasteiger partial charge is 0.469 e. The molecule has 0 aromatic carbocycles. The Kier molecular flexibility index (Phi) is 4.83. The van der Waals surface area contributed by atoms with E-state index < -0.39 is 21.6 Å². The molecule has 1 aliphatic carbocycles. The second-order valence-electron chi connectivity index (χ2n) is 4.07. The third-order valence-corrected chi connectivity index (χ3v) is 3.66. The lowest BCUT2D eigenvalue weighted by Gasteiger charge is -2.21. The van der Waals surface area contributed by atoms with Crippen molar-refractivity contribution < 1.29 is 35.3 Å². The minimum atomic E-state index is -5.60. The molecular formula is C10H13F3O5S. The number of esters is 1. The van der Waals surface area contributed by atoms with E-state index in [1.165, 1.54) is 13.2 Å². The van der Waals surface area contributed by atoms with Gasteiger partial charge in [-0.3, -0.25) is 4.79 Å². The van der Waals surface area contributed by atoms with E-state index in [-0.39, 0.29) is 30.9 Å². The molecule has 0 aromatic heterocycles. The summed E-state index contributed by atoms with van der Waals surface area (Å²) in [5.74, 6) is -0.725. The zero-order valence-electron chi connectivity index (χ0n) is 10.1. The molecule has 1 atom stereocenters. The zero-order valence-corrected chi connectivity index (χ0v) is 10.9. The maximum Gasteiger partial charge on any atom is 0.534 e. The molecule has 0 spiro atoms. The molecule has 0 unspecified atom stereocenters. The van der Waals surface area contributed by atoms with E-state index in [0.29, 0.717) is 6.42 Å². The SMILES string of the molecule is COC(=O)C[C@H]1CC=C(OS(=O)(=O)C(F)(F)F)CC1. The van der Waals surface area contributed by atoms with Gasteiger partial charge in [0.05, 0.1) is 7.11 Å². The van der Waals surface area contributed by atoms with Crippen molar-refractivity contribution in [2.45, 2.75) is 31.2 Å². The Morgan fingerprint density at radius 3 is 2.53 bits per heavy atom. The van der Waals surface area contributed by atoms with Crippen LogP contribution in [0.4, 0.5) is 13.2 Å². The molecule has 0 aromatic rings. The maximum absolute atomic E-state index is 12.1. The Morgan fingerprint density at radius 2 is 2.11 bits per heavy atom. The van der Waals surface area contributed by atoms with Crippen molar-refractivity contribution in [1.29, 1.82) is 0 Å². The van der Waals surface area contributed by atoms with Gasteiger partial charge in [0.15, 0.2) is 0 Å². The highest BCUT2D eigenvalue weighted by Crippen LogP contribution is 2.32. The Labute approximate surface area is 108 Å². The van der Waals surface area contributed by atoms with Crippen LogP contribution in [0.2, 0.25) is 0 Å². The van der Waals surface area contributed by atoms with Gasteiger partial charge in [0, 0.05) is 12.8 Å². The number of hydrogen-bond acceptors (Lipinski definition) is 5. The highest BCUT2D eigenvalue weighted by Gasteiger charge is 2.48. The lowest BCUT2D eigenvalue weighted by molar-refractivity contribution is -0.141. The number of halogens is 3. The third-order valence-electron chi connectivity index (χ3n) is 2.66. The number of alkyl halides is 3. The van der Waals surface area contributed by atoms with Crippen molar-refractivity contribution in [3.05, 3.63) is 11.8 Å². The Balaban J connectivity index is 2.59. The first kappa shape index (κ1) is 15.8. The molecule has 0 heterocycles. The number of carbonyl (C=O) groups is 1. The average molecular weight is 302 g/mol. The molecule has 0 bridgehead atoms. The van der Waals surface area contributed by atoms with E-state index in [4.69, 9.17) is 0 Å². The molecule has 0 N–H and O–H groups in total. The molecule has 0 saturated carbocycles. The van der Waals surface area contributed by atoms with Crippen LogP contribution in [-0.4, -0.2) is 27.0 Å². The fourth-order valence-corrected chi connectivity index (χ4v) is 2.16. The summed E-state index contributed by atoms with van der Waals surface area (Å²) in [6.45, 7) is 0. The van der Waals surface area contributed by atoms with E-state index in [9.17, 15) is 26.4 Å². The quantitative estimate of drug-likeness (QED) is 0.452. The summed E-state index contributed by atoms with van der Waals surface area (Å²) in [7, 11) is -4.36. The van der Waals surface area contributed by atoms with Crippen LogP contribution in [0.3, 0.4) is 0 Å². The Hall–Kier alpha value is -1.25. The summed E-state index contributed by atoms with van der Waals surface area (Å²) in [4.78, 5) is 11.0. The molecule has 0 saturated heterocycles. The summed E-state index contributed by atoms with van der Waals surface area (Å²) in [5, 5.41) is 0. The van der Waals surface area contributed by atoms with Crippen molar-refractivity contribution in [3.63, 3.8) is 0 Å². The van der Waals surface area contributed by atoms with Crippen LogP contribution in [0.15, 0.2) is 11.8 Å². The van der Waals surface area contributed by atoms with Crippen molar-refractivity contribution in [3.8, 4) is 0 Å². The van der Waals surface area contributed by atoms with E-state index >= 15 is 0 Å². The monoisotopic (exact) mass is 302 g/mol.